The molecule has 168 valence electrons. The Labute approximate surface area is 176 Å². The summed E-state index contributed by atoms with van der Waals surface area (Å²) in [4.78, 5) is 22.8. The van der Waals surface area contributed by atoms with Crippen molar-refractivity contribution in [1.29, 1.82) is 0 Å². The van der Waals surface area contributed by atoms with Crippen LogP contribution in [0.3, 0.4) is 0 Å². The van der Waals surface area contributed by atoms with Crippen molar-refractivity contribution in [1.82, 2.24) is 9.62 Å². The van der Waals surface area contributed by atoms with E-state index in [-0.39, 0.29) is 29.4 Å². The standard InChI is InChI=1S/C17H26N4O7S2/c1-3-11-30(27,28)20-10-4-5-15(20)17(22)19-9-8-18-14-7-6-13(29(2,25)26)12-16(14)21(23)24/h6-7,12,15,18H,3-5,8-11H2,1-2H3,(H,19,22). The maximum absolute atomic E-state index is 12.4. The number of benzene rings is 1. The fourth-order valence-corrected chi connectivity index (χ4v) is 5.64. The highest BCUT2D eigenvalue weighted by atomic mass is 32.2. The minimum absolute atomic E-state index is 0.00845. The highest BCUT2D eigenvalue weighted by Gasteiger charge is 2.37. The zero-order valence-electron chi connectivity index (χ0n) is 16.8. The Morgan fingerprint density at radius 3 is 2.57 bits per heavy atom. The van der Waals surface area contributed by atoms with Crippen LogP contribution in [0.25, 0.3) is 0 Å². The van der Waals surface area contributed by atoms with E-state index in [0.29, 0.717) is 25.8 Å². The lowest BCUT2D eigenvalue weighted by molar-refractivity contribution is -0.384. The maximum atomic E-state index is 12.4. The first kappa shape index (κ1) is 24.0. The van der Waals surface area contributed by atoms with Crippen LogP contribution >= 0.6 is 0 Å². The lowest BCUT2D eigenvalue weighted by Gasteiger charge is -2.23. The zero-order chi connectivity index (χ0) is 22.5. The van der Waals surface area contributed by atoms with Gasteiger partial charge in [0.25, 0.3) is 5.69 Å². The Hall–Kier alpha value is -2.25. The van der Waals surface area contributed by atoms with Gasteiger partial charge in [0.1, 0.15) is 11.7 Å². The van der Waals surface area contributed by atoms with Gasteiger partial charge in [0.2, 0.25) is 15.9 Å². The molecule has 1 unspecified atom stereocenters. The van der Waals surface area contributed by atoms with E-state index < -0.39 is 42.4 Å². The van der Waals surface area contributed by atoms with E-state index >= 15 is 0 Å². The summed E-state index contributed by atoms with van der Waals surface area (Å²) < 4.78 is 49.0. The van der Waals surface area contributed by atoms with E-state index in [9.17, 15) is 31.7 Å². The average Bonchev–Trinajstić information content (AvgIpc) is 3.15. The average molecular weight is 463 g/mol. The molecule has 1 fully saturated rings. The van der Waals surface area contributed by atoms with Gasteiger partial charge in [0, 0.05) is 32.0 Å². The van der Waals surface area contributed by atoms with Crippen LogP contribution in [0.4, 0.5) is 11.4 Å². The summed E-state index contributed by atoms with van der Waals surface area (Å²) in [6.07, 6.45) is 2.48. The molecule has 0 aliphatic carbocycles. The number of nitrogens with zero attached hydrogens (tertiary/aromatic N) is 2. The van der Waals surface area contributed by atoms with Crippen LogP contribution in [-0.4, -0.2) is 69.7 Å². The number of rotatable bonds is 10. The number of anilines is 1. The van der Waals surface area contributed by atoms with Crippen LogP contribution < -0.4 is 10.6 Å². The van der Waals surface area contributed by atoms with Crippen molar-refractivity contribution >= 4 is 37.1 Å². The summed E-state index contributed by atoms with van der Waals surface area (Å²) in [5.74, 6) is -0.415. The molecule has 1 aromatic rings. The van der Waals surface area contributed by atoms with E-state index in [4.69, 9.17) is 0 Å². The number of carbonyl (C=O) groups is 1. The first-order chi connectivity index (χ1) is 14.0. The highest BCUT2D eigenvalue weighted by Crippen LogP contribution is 2.27. The minimum atomic E-state index is -3.59. The monoisotopic (exact) mass is 462 g/mol. The molecule has 1 amide bonds. The van der Waals surface area contributed by atoms with Gasteiger partial charge >= 0.3 is 0 Å². The fourth-order valence-electron chi connectivity index (χ4n) is 3.25. The Morgan fingerprint density at radius 2 is 1.97 bits per heavy atom. The molecule has 1 saturated heterocycles. The molecule has 0 aromatic heterocycles. The molecule has 0 spiro atoms. The van der Waals surface area contributed by atoms with Gasteiger partial charge in [-0.2, -0.15) is 4.31 Å². The third kappa shape index (κ3) is 5.89. The van der Waals surface area contributed by atoms with Crippen LogP contribution in [0.5, 0.6) is 0 Å². The van der Waals surface area contributed by atoms with Crippen molar-refractivity contribution in [2.45, 2.75) is 37.1 Å². The van der Waals surface area contributed by atoms with E-state index in [1.54, 1.807) is 6.92 Å². The summed E-state index contributed by atoms with van der Waals surface area (Å²) in [6, 6.07) is 2.79. The van der Waals surface area contributed by atoms with Crippen molar-refractivity contribution in [3.63, 3.8) is 0 Å². The Kier molecular flexibility index (Phi) is 7.77. The van der Waals surface area contributed by atoms with Crippen LogP contribution in [0.15, 0.2) is 23.1 Å². The number of sulfone groups is 1. The number of carbonyl (C=O) groups excluding carboxylic acids is 1. The number of hydrogen-bond donors (Lipinski definition) is 2. The van der Waals surface area contributed by atoms with Crippen molar-refractivity contribution in [3.05, 3.63) is 28.3 Å². The summed E-state index contributed by atoms with van der Waals surface area (Å²) in [6.45, 7) is 2.33. The van der Waals surface area contributed by atoms with Crippen LogP contribution in [0.2, 0.25) is 0 Å². The van der Waals surface area contributed by atoms with E-state index in [2.05, 4.69) is 10.6 Å². The molecule has 0 radical (unpaired) electrons. The second-order valence-corrected chi connectivity index (χ2v) is 11.1. The molecule has 1 aliphatic heterocycles. The lowest BCUT2D eigenvalue weighted by Crippen LogP contribution is -2.47. The highest BCUT2D eigenvalue weighted by molar-refractivity contribution is 7.90. The third-order valence-corrected chi connectivity index (χ3v) is 7.85. The largest absolute Gasteiger partial charge is 0.378 e. The van der Waals surface area contributed by atoms with E-state index in [1.165, 1.54) is 16.4 Å². The van der Waals surface area contributed by atoms with Gasteiger partial charge in [-0.3, -0.25) is 14.9 Å². The van der Waals surface area contributed by atoms with Gasteiger partial charge in [-0.05, 0) is 31.4 Å². The van der Waals surface area contributed by atoms with Crippen molar-refractivity contribution in [2.75, 3.05) is 37.0 Å². The lowest BCUT2D eigenvalue weighted by atomic mass is 10.2. The van der Waals surface area contributed by atoms with Gasteiger partial charge in [0.05, 0.1) is 15.6 Å². The Balaban J connectivity index is 1.96. The molecule has 1 heterocycles. The van der Waals surface area contributed by atoms with Crippen molar-refractivity contribution in [2.24, 2.45) is 0 Å². The van der Waals surface area contributed by atoms with Gasteiger partial charge in [0.15, 0.2) is 9.84 Å². The number of nitrogens with one attached hydrogen (secondary N) is 2. The molecule has 11 nitrogen and oxygen atoms in total. The number of nitro groups is 1. The molecule has 0 bridgehead atoms. The van der Waals surface area contributed by atoms with E-state index in [0.717, 1.165) is 12.3 Å². The summed E-state index contributed by atoms with van der Waals surface area (Å²) >= 11 is 0. The summed E-state index contributed by atoms with van der Waals surface area (Å²) in [5, 5.41) is 16.7. The maximum Gasteiger partial charge on any atom is 0.293 e. The molecule has 0 saturated carbocycles. The number of nitro benzene ring substituents is 1. The fraction of sp³-hybridized carbons (Fsp3) is 0.588. The van der Waals surface area contributed by atoms with Crippen molar-refractivity contribution < 1.29 is 26.6 Å². The predicted molar refractivity (Wildman–Crippen MR) is 112 cm³/mol. The second-order valence-electron chi connectivity index (χ2n) is 7.01. The van der Waals surface area contributed by atoms with Gasteiger partial charge in [-0.1, -0.05) is 6.92 Å². The minimum Gasteiger partial charge on any atom is -0.378 e. The van der Waals surface area contributed by atoms with Crippen LogP contribution in [0, 0.1) is 10.1 Å². The molecule has 30 heavy (non-hydrogen) atoms. The smallest absolute Gasteiger partial charge is 0.293 e. The number of sulfonamides is 1. The molecule has 1 aliphatic rings. The molecule has 1 atom stereocenters. The first-order valence-electron chi connectivity index (χ1n) is 9.47. The summed E-state index contributed by atoms with van der Waals surface area (Å²) in [7, 11) is -7.06. The SMILES string of the molecule is CCCS(=O)(=O)N1CCCC1C(=O)NCCNc1ccc(S(C)(=O)=O)cc1[N+](=O)[O-]. The molecule has 13 heteroatoms. The van der Waals surface area contributed by atoms with Crippen molar-refractivity contribution in [3.8, 4) is 0 Å². The number of hydrogen-bond acceptors (Lipinski definition) is 8. The zero-order valence-corrected chi connectivity index (χ0v) is 18.5. The van der Waals surface area contributed by atoms with Crippen LogP contribution in [0.1, 0.15) is 26.2 Å². The van der Waals surface area contributed by atoms with Crippen LogP contribution in [-0.2, 0) is 24.7 Å². The topological polar surface area (TPSA) is 156 Å². The van der Waals surface area contributed by atoms with Gasteiger partial charge in [-0.15, -0.1) is 0 Å². The Bertz CT molecular complexity index is 1010. The molecular formula is C17H26N4O7S2. The predicted octanol–water partition coefficient (Wildman–Crippen LogP) is 0.731. The second kappa shape index (κ2) is 9.71. The quantitative estimate of drug-likeness (QED) is 0.293. The molecule has 2 N–H and O–H groups in total. The normalized spacial score (nSPS) is 17.6. The first-order valence-corrected chi connectivity index (χ1v) is 13.0. The number of amides is 1. The van der Waals surface area contributed by atoms with Gasteiger partial charge in [-0.25, -0.2) is 16.8 Å². The van der Waals surface area contributed by atoms with E-state index in [1.807, 2.05) is 0 Å². The van der Waals surface area contributed by atoms with Gasteiger partial charge < -0.3 is 10.6 Å². The molecular weight excluding hydrogens is 436 g/mol. The molecule has 1 aromatic carbocycles. The summed E-state index contributed by atoms with van der Waals surface area (Å²) in [5.41, 5.74) is -0.272. The molecule has 2 rings (SSSR count). The Morgan fingerprint density at radius 1 is 1.27 bits per heavy atom. The third-order valence-electron chi connectivity index (χ3n) is 4.66.